The highest BCUT2D eigenvalue weighted by atomic mass is 35.5. The third-order valence-corrected chi connectivity index (χ3v) is 4.94. The Kier molecular flexibility index (Phi) is 6.81. The topological polar surface area (TPSA) is 84.5 Å². The molecule has 2 rings (SSSR count). The van der Waals surface area contributed by atoms with Crippen LogP contribution in [0.2, 0.25) is 5.02 Å². The predicted octanol–water partition coefficient (Wildman–Crippen LogP) is 2.91. The highest BCUT2D eigenvalue weighted by Gasteiger charge is 2.16. The molecule has 0 fully saturated rings. The summed E-state index contributed by atoms with van der Waals surface area (Å²) < 4.78 is 32.3. The van der Waals surface area contributed by atoms with E-state index >= 15 is 0 Å². The molecule has 0 saturated heterocycles. The molecule has 0 spiro atoms. The van der Waals surface area contributed by atoms with Gasteiger partial charge < -0.3 is 10.1 Å². The van der Waals surface area contributed by atoms with Gasteiger partial charge in [-0.1, -0.05) is 17.7 Å². The second kappa shape index (κ2) is 8.84. The fourth-order valence-corrected chi connectivity index (χ4v) is 3.29. The summed E-state index contributed by atoms with van der Waals surface area (Å²) >= 11 is 5.79. The number of carbonyl (C=O) groups excluding carboxylic acids is 1. The Morgan fingerprint density at radius 1 is 1.16 bits per heavy atom. The van der Waals surface area contributed by atoms with Crippen LogP contribution in [0.25, 0.3) is 0 Å². The average molecular weight is 383 g/mol. The minimum atomic E-state index is -3.80. The largest absolute Gasteiger partial charge is 0.385 e. The third-order valence-electron chi connectivity index (χ3n) is 3.31. The smallest absolute Gasteiger partial charge is 0.261 e. The zero-order valence-electron chi connectivity index (χ0n) is 13.7. The van der Waals surface area contributed by atoms with Crippen molar-refractivity contribution in [3.63, 3.8) is 0 Å². The van der Waals surface area contributed by atoms with E-state index in [1.54, 1.807) is 37.4 Å². The van der Waals surface area contributed by atoms with Gasteiger partial charge in [-0.3, -0.25) is 9.52 Å². The number of amides is 1. The van der Waals surface area contributed by atoms with E-state index in [2.05, 4.69) is 10.0 Å². The molecule has 8 heteroatoms. The molecule has 0 aliphatic carbocycles. The van der Waals surface area contributed by atoms with Gasteiger partial charge in [0.2, 0.25) is 0 Å². The Bertz CT molecular complexity index is 823. The Morgan fingerprint density at radius 2 is 1.88 bits per heavy atom. The van der Waals surface area contributed by atoms with Crippen LogP contribution in [0.5, 0.6) is 0 Å². The van der Waals surface area contributed by atoms with Crippen LogP contribution in [0.1, 0.15) is 16.8 Å². The van der Waals surface area contributed by atoms with Crippen molar-refractivity contribution < 1.29 is 17.9 Å². The molecule has 0 aliphatic rings. The molecule has 0 aliphatic heterocycles. The highest BCUT2D eigenvalue weighted by molar-refractivity contribution is 7.92. The number of nitrogens with one attached hydrogen (secondary N) is 2. The Morgan fingerprint density at radius 3 is 2.56 bits per heavy atom. The molecule has 25 heavy (non-hydrogen) atoms. The SMILES string of the molecule is COCCCNC(=O)c1cccc(S(=O)(=O)Nc2ccc(Cl)cc2)c1. The fourth-order valence-electron chi connectivity index (χ4n) is 2.06. The minimum absolute atomic E-state index is 0.00647. The summed E-state index contributed by atoms with van der Waals surface area (Å²) in [7, 11) is -2.22. The van der Waals surface area contributed by atoms with Crippen LogP contribution < -0.4 is 10.0 Å². The first-order chi connectivity index (χ1) is 11.9. The van der Waals surface area contributed by atoms with Gasteiger partial charge in [0.1, 0.15) is 0 Å². The number of rotatable bonds is 8. The maximum absolute atomic E-state index is 12.5. The number of hydrogen-bond acceptors (Lipinski definition) is 4. The van der Waals surface area contributed by atoms with E-state index in [0.29, 0.717) is 30.3 Å². The van der Waals surface area contributed by atoms with E-state index < -0.39 is 10.0 Å². The molecule has 0 atom stereocenters. The van der Waals surface area contributed by atoms with Crippen molar-refractivity contribution in [3.8, 4) is 0 Å². The first kappa shape index (κ1) is 19.2. The van der Waals surface area contributed by atoms with Crippen molar-refractivity contribution in [1.82, 2.24) is 5.32 Å². The van der Waals surface area contributed by atoms with Gasteiger partial charge in [-0.05, 0) is 48.9 Å². The molecule has 2 N–H and O–H groups in total. The van der Waals surface area contributed by atoms with Crippen molar-refractivity contribution in [3.05, 3.63) is 59.1 Å². The molecule has 1 amide bonds. The summed E-state index contributed by atoms with van der Waals surface area (Å²) in [4.78, 5) is 12.1. The summed E-state index contributed by atoms with van der Waals surface area (Å²) in [6.07, 6.45) is 0.679. The molecular weight excluding hydrogens is 364 g/mol. The van der Waals surface area contributed by atoms with Crippen LogP contribution >= 0.6 is 11.6 Å². The lowest BCUT2D eigenvalue weighted by Gasteiger charge is -2.10. The standard InChI is InChI=1S/C17H19ClN2O4S/c1-24-11-3-10-19-17(21)13-4-2-5-16(12-13)25(22,23)20-15-8-6-14(18)7-9-15/h2,4-9,12,20H,3,10-11H2,1H3,(H,19,21). The molecule has 0 unspecified atom stereocenters. The Hall–Kier alpha value is -2.09. The van der Waals surface area contributed by atoms with Crippen molar-refractivity contribution in [1.29, 1.82) is 0 Å². The summed E-state index contributed by atoms with van der Waals surface area (Å²) in [6.45, 7) is 0.992. The Balaban J connectivity index is 2.10. The summed E-state index contributed by atoms with van der Waals surface area (Å²) in [5.41, 5.74) is 0.662. The van der Waals surface area contributed by atoms with Crippen molar-refractivity contribution in [2.75, 3.05) is 25.0 Å². The number of sulfonamides is 1. The fraction of sp³-hybridized carbons (Fsp3) is 0.235. The molecule has 2 aromatic carbocycles. The van der Waals surface area contributed by atoms with Gasteiger partial charge >= 0.3 is 0 Å². The van der Waals surface area contributed by atoms with Crippen LogP contribution in [-0.4, -0.2) is 34.6 Å². The lowest BCUT2D eigenvalue weighted by molar-refractivity contribution is 0.0948. The van der Waals surface area contributed by atoms with Gasteiger partial charge in [0.25, 0.3) is 15.9 Å². The summed E-state index contributed by atoms with van der Waals surface area (Å²) in [5.74, 6) is -0.334. The maximum atomic E-state index is 12.5. The molecular formula is C17H19ClN2O4S. The van der Waals surface area contributed by atoms with Crippen molar-refractivity contribution >= 4 is 33.2 Å². The van der Waals surface area contributed by atoms with Gasteiger partial charge in [0.15, 0.2) is 0 Å². The summed E-state index contributed by atoms with van der Waals surface area (Å²) in [6, 6.07) is 12.2. The molecule has 0 heterocycles. The zero-order chi connectivity index (χ0) is 18.3. The summed E-state index contributed by atoms with van der Waals surface area (Å²) in [5, 5.41) is 3.23. The quantitative estimate of drug-likeness (QED) is 0.687. The van der Waals surface area contributed by atoms with E-state index in [9.17, 15) is 13.2 Å². The molecule has 2 aromatic rings. The second-order valence-corrected chi connectivity index (χ2v) is 7.36. The number of carbonyl (C=O) groups is 1. The number of methoxy groups -OCH3 is 1. The number of hydrogen-bond donors (Lipinski definition) is 2. The molecule has 0 saturated carbocycles. The van der Waals surface area contributed by atoms with Gasteiger partial charge in [-0.15, -0.1) is 0 Å². The third kappa shape index (κ3) is 5.74. The number of halogens is 1. The number of ether oxygens (including phenoxy) is 1. The number of anilines is 1. The van der Waals surface area contributed by atoms with E-state index in [1.165, 1.54) is 18.2 Å². The van der Waals surface area contributed by atoms with E-state index in [1.807, 2.05) is 0 Å². The molecule has 0 radical (unpaired) electrons. The van der Waals surface area contributed by atoms with E-state index in [-0.39, 0.29) is 16.4 Å². The molecule has 134 valence electrons. The predicted molar refractivity (Wildman–Crippen MR) is 97.5 cm³/mol. The number of benzene rings is 2. The Labute approximate surface area is 152 Å². The van der Waals surface area contributed by atoms with Crippen LogP contribution in [0.4, 0.5) is 5.69 Å². The maximum Gasteiger partial charge on any atom is 0.261 e. The van der Waals surface area contributed by atoms with Gasteiger partial charge in [-0.2, -0.15) is 0 Å². The van der Waals surface area contributed by atoms with E-state index in [0.717, 1.165) is 0 Å². The van der Waals surface area contributed by atoms with E-state index in [4.69, 9.17) is 16.3 Å². The molecule has 0 aromatic heterocycles. The minimum Gasteiger partial charge on any atom is -0.385 e. The average Bonchev–Trinajstić information content (AvgIpc) is 2.60. The normalized spacial score (nSPS) is 11.1. The van der Waals surface area contributed by atoms with Crippen LogP contribution in [0.3, 0.4) is 0 Å². The molecule has 6 nitrogen and oxygen atoms in total. The van der Waals surface area contributed by atoms with Crippen molar-refractivity contribution in [2.24, 2.45) is 0 Å². The van der Waals surface area contributed by atoms with Gasteiger partial charge in [-0.25, -0.2) is 8.42 Å². The van der Waals surface area contributed by atoms with Crippen LogP contribution in [0, 0.1) is 0 Å². The lowest BCUT2D eigenvalue weighted by atomic mass is 10.2. The highest BCUT2D eigenvalue weighted by Crippen LogP contribution is 2.19. The van der Waals surface area contributed by atoms with Crippen LogP contribution in [-0.2, 0) is 14.8 Å². The monoisotopic (exact) mass is 382 g/mol. The first-order valence-electron chi connectivity index (χ1n) is 7.58. The van der Waals surface area contributed by atoms with Crippen LogP contribution in [0.15, 0.2) is 53.4 Å². The zero-order valence-corrected chi connectivity index (χ0v) is 15.2. The molecule has 0 bridgehead atoms. The van der Waals surface area contributed by atoms with Gasteiger partial charge in [0, 0.05) is 36.5 Å². The first-order valence-corrected chi connectivity index (χ1v) is 9.44. The van der Waals surface area contributed by atoms with Gasteiger partial charge in [0.05, 0.1) is 4.90 Å². The second-order valence-electron chi connectivity index (χ2n) is 5.24. The lowest BCUT2D eigenvalue weighted by Crippen LogP contribution is -2.25. The van der Waals surface area contributed by atoms with Crippen molar-refractivity contribution in [2.45, 2.75) is 11.3 Å².